The second-order valence-electron chi connectivity index (χ2n) is 5.37. The monoisotopic (exact) mass is 329 g/mol. The summed E-state index contributed by atoms with van der Waals surface area (Å²) in [6.07, 6.45) is -4.05. The molecule has 1 saturated heterocycles. The van der Waals surface area contributed by atoms with Gasteiger partial charge in [0.1, 0.15) is 6.04 Å². The Hall–Kier alpha value is -2.25. The van der Waals surface area contributed by atoms with Gasteiger partial charge in [0.25, 0.3) is 0 Å². The molecule has 0 spiro atoms. The van der Waals surface area contributed by atoms with Gasteiger partial charge in [-0.3, -0.25) is 4.79 Å². The van der Waals surface area contributed by atoms with Crippen LogP contribution in [-0.4, -0.2) is 36.0 Å². The smallest absolute Gasteiger partial charge is 0.353 e. The SMILES string of the molecule is CC[C@H]1C(=O)NCCN1C(=O)Nc1cc(C(F)(F)F)ccc1C. The number of carbonyl (C=O) groups is 2. The maximum absolute atomic E-state index is 12.8. The summed E-state index contributed by atoms with van der Waals surface area (Å²) in [6, 6.07) is 1.98. The number of piperazine rings is 1. The Balaban J connectivity index is 2.21. The molecule has 23 heavy (non-hydrogen) atoms. The average molecular weight is 329 g/mol. The quantitative estimate of drug-likeness (QED) is 0.876. The predicted octanol–water partition coefficient (Wildman–Crippen LogP) is 2.76. The van der Waals surface area contributed by atoms with Crippen molar-refractivity contribution in [3.8, 4) is 0 Å². The molecule has 1 aromatic carbocycles. The normalized spacial score (nSPS) is 18.6. The fourth-order valence-corrected chi connectivity index (χ4v) is 2.48. The first-order chi connectivity index (χ1) is 10.7. The third-order valence-electron chi connectivity index (χ3n) is 3.78. The number of hydrogen-bond donors (Lipinski definition) is 2. The van der Waals surface area contributed by atoms with Crippen molar-refractivity contribution in [3.63, 3.8) is 0 Å². The van der Waals surface area contributed by atoms with Gasteiger partial charge in [-0.15, -0.1) is 0 Å². The van der Waals surface area contributed by atoms with E-state index in [1.165, 1.54) is 11.0 Å². The molecule has 1 fully saturated rings. The van der Waals surface area contributed by atoms with Crippen LogP contribution in [0.1, 0.15) is 24.5 Å². The van der Waals surface area contributed by atoms with E-state index in [2.05, 4.69) is 10.6 Å². The number of benzene rings is 1. The summed E-state index contributed by atoms with van der Waals surface area (Å²) < 4.78 is 38.4. The summed E-state index contributed by atoms with van der Waals surface area (Å²) in [6.45, 7) is 4.01. The first kappa shape index (κ1) is 17.1. The average Bonchev–Trinajstić information content (AvgIpc) is 2.48. The molecule has 0 unspecified atom stereocenters. The lowest BCUT2D eigenvalue weighted by Crippen LogP contribution is -2.57. The van der Waals surface area contributed by atoms with Crippen LogP contribution in [0.4, 0.5) is 23.7 Å². The number of urea groups is 1. The highest BCUT2D eigenvalue weighted by Crippen LogP contribution is 2.32. The van der Waals surface area contributed by atoms with Crippen LogP contribution in [0.5, 0.6) is 0 Å². The summed E-state index contributed by atoms with van der Waals surface area (Å²) in [7, 11) is 0. The lowest BCUT2D eigenvalue weighted by atomic mass is 10.1. The fraction of sp³-hybridized carbons (Fsp3) is 0.467. The van der Waals surface area contributed by atoms with E-state index in [1.54, 1.807) is 13.8 Å². The van der Waals surface area contributed by atoms with Gasteiger partial charge in [0.15, 0.2) is 0 Å². The molecule has 1 heterocycles. The summed E-state index contributed by atoms with van der Waals surface area (Å²) in [5.74, 6) is -0.255. The molecule has 3 amide bonds. The molecule has 1 aliphatic heterocycles. The highest BCUT2D eigenvalue weighted by Gasteiger charge is 2.33. The van der Waals surface area contributed by atoms with Gasteiger partial charge in [-0.05, 0) is 31.0 Å². The molecule has 1 aromatic rings. The zero-order valence-corrected chi connectivity index (χ0v) is 12.8. The largest absolute Gasteiger partial charge is 0.416 e. The third-order valence-corrected chi connectivity index (χ3v) is 3.78. The first-order valence-corrected chi connectivity index (χ1v) is 7.27. The molecular formula is C15H18F3N3O2. The van der Waals surface area contributed by atoms with Gasteiger partial charge in [0.2, 0.25) is 5.91 Å². The second kappa shape index (κ2) is 6.47. The molecule has 0 saturated carbocycles. The van der Waals surface area contributed by atoms with Crippen LogP contribution in [0.15, 0.2) is 18.2 Å². The Morgan fingerprint density at radius 1 is 1.43 bits per heavy atom. The number of amides is 3. The van der Waals surface area contributed by atoms with Crippen molar-refractivity contribution < 1.29 is 22.8 Å². The van der Waals surface area contributed by atoms with Crippen LogP contribution in [0, 0.1) is 6.92 Å². The molecule has 5 nitrogen and oxygen atoms in total. The van der Waals surface area contributed by atoms with Crippen molar-refractivity contribution in [2.45, 2.75) is 32.5 Å². The maximum Gasteiger partial charge on any atom is 0.416 e. The minimum Gasteiger partial charge on any atom is -0.353 e. The van der Waals surface area contributed by atoms with E-state index in [9.17, 15) is 22.8 Å². The van der Waals surface area contributed by atoms with Gasteiger partial charge in [-0.25, -0.2) is 4.79 Å². The topological polar surface area (TPSA) is 61.4 Å². The number of alkyl halides is 3. The number of hydrogen-bond acceptors (Lipinski definition) is 2. The fourth-order valence-electron chi connectivity index (χ4n) is 2.48. The minimum atomic E-state index is -4.48. The molecule has 1 atom stereocenters. The van der Waals surface area contributed by atoms with E-state index in [0.717, 1.165) is 12.1 Å². The first-order valence-electron chi connectivity index (χ1n) is 7.27. The Kier molecular flexibility index (Phi) is 4.82. The van der Waals surface area contributed by atoms with Gasteiger partial charge in [0, 0.05) is 18.8 Å². The summed E-state index contributed by atoms with van der Waals surface area (Å²) >= 11 is 0. The standard InChI is InChI=1S/C15H18F3N3O2/c1-3-12-13(22)19-6-7-21(12)14(23)20-11-8-10(15(16,17)18)5-4-9(11)2/h4-5,8,12H,3,6-7H2,1-2H3,(H,19,22)(H,20,23)/t12-/m0/s1. The van der Waals surface area contributed by atoms with E-state index >= 15 is 0 Å². The molecule has 2 rings (SSSR count). The van der Waals surface area contributed by atoms with Crippen LogP contribution in [-0.2, 0) is 11.0 Å². The Morgan fingerprint density at radius 3 is 2.74 bits per heavy atom. The summed E-state index contributed by atoms with van der Waals surface area (Å²) in [5, 5.41) is 5.15. The lowest BCUT2D eigenvalue weighted by molar-refractivity contribution is -0.137. The molecule has 0 bridgehead atoms. The molecule has 1 aliphatic rings. The van der Waals surface area contributed by atoms with Crippen LogP contribution in [0.2, 0.25) is 0 Å². The van der Waals surface area contributed by atoms with Crippen LogP contribution in [0.3, 0.4) is 0 Å². The van der Waals surface area contributed by atoms with E-state index in [1.807, 2.05) is 0 Å². The zero-order chi connectivity index (χ0) is 17.2. The molecule has 8 heteroatoms. The number of nitrogens with one attached hydrogen (secondary N) is 2. The summed E-state index contributed by atoms with van der Waals surface area (Å²) in [5.41, 5.74) is -0.228. The van der Waals surface area contributed by atoms with Gasteiger partial charge in [0.05, 0.1) is 5.56 Å². The highest BCUT2D eigenvalue weighted by atomic mass is 19.4. The van der Waals surface area contributed by atoms with Crippen LogP contribution < -0.4 is 10.6 Å². The van der Waals surface area contributed by atoms with E-state index in [0.29, 0.717) is 25.1 Å². The molecule has 126 valence electrons. The second-order valence-corrected chi connectivity index (χ2v) is 5.37. The number of carbonyl (C=O) groups excluding carboxylic acids is 2. The third kappa shape index (κ3) is 3.75. The van der Waals surface area contributed by atoms with Crippen molar-refractivity contribution in [2.75, 3.05) is 18.4 Å². The molecule has 0 radical (unpaired) electrons. The number of aryl methyl sites for hydroxylation is 1. The molecule has 2 N–H and O–H groups in total. The van der Waals surface area contributed by atoms with Crippen molar-refractivity contribution in [1.82, 2.24) is 10.2 Å². The van der Waals surface area contributed by atoms with E-state index in [-0.39, 0.29) is 11.6 Å². The van der Waals surface area contributed by atoms with Crippen molar-refractivity contribution >= 4 is 17.6 Å². The van der Waals surface area contributed by atoms with Gasteiger partial charge >= 0.3 is 12.2 Å². The maximum atomic E-state index is 12.8. The van der Waals surface area contributed by atoms with E-state index in [4.69, 9.17) is 0 Å². The predicted molar refractivity (Wildman–Crippen MR) is 79.0 cm³/mol. The van der Waals surface area contributed by atoms with Gasteiger partial charge in [-0.1, -0.05) is 13.0 Å². The molecule has 0 aliphatic carbocycles. The van der Waals surface area contributed by atoms with Crippen molar-refractivity contribution in [3.05, 3.63) is 29.3 Å². The number of anilines is 1. The Morgan fingerprint density at radius 2 is 2.13 bits per heavy atom. The highest BCUT2D eigenvalue weighted by molar-refractivity contribution is 5.95. The molecular weight excluding hydrogens is 311 g/mol. The number of rotatable bonds is 2. The van der Waals surface area contributed by atoms with Crippen molar-refractivity contribution in [1.29, 1.82) is 0 Å². The van der Waals surface area contributed by atoms with Gasteiger partial charge < -0.3 is 15.5 Å². The van der Waals surface area contributed by atoms with Crippen LogP contribution in [0.25, 0.3) is 0 Å². The van der Waals surface area contributed by atoms with Gasteiger partial charge in [-0.2, -0.15) is 13.2 Å². The number of nitrogens with zero attached hydrogens (tertiary/aromatic N) is 1. The zero-order valence-electron chi connectivity index (χ0n) is 12.8. The van der Waals surface area contributed by atoms with E-state index < -0.39 is 23.8 Å². The van der Waals surface area contributed by atoms with Crippen LogP contribution >= 0.6 is 0 Å². The minimum absolute atomic E-state index is 0.0886. The summed E-state index contributed by atoms with van der Waals surface area (Å²) in [4.78, 5) is 25.5. The Bertz CT molecular complexity index is 616. The molecule has 0 aromatic heterocycles. The number of halogens is 3. The van der Waals surface area contributed by atoms with Crippen molar-refractivity contribution in [2.24, 2.45) is 0 Å². The lowest BCUT2D eigenvalue weighted by Gasteiger charge is -2.34. The Labute approximate surface area is 131 Å².